The van der Waals surface area contributed by atoms with Crippen LogP contribution in [0.5, 0.6) is 0 Å². The smallest absolute Gasteiger partial charge is 0.407 e. The maximum absolute atomic E-state index is 14.7. The van der Waals surface area contributed by atoms with Gasteiger partial charge in [-0.1, -0.05) is 0 Å². The largest absolute Gasteiger partial charge is 0.443 e. The van der Waals surface area contributed by atoms with Gasteiger partial charge < -0.3 is 15.4 Å². The van der Waals surface area contributed by atoms with E-state index >= 15 is 0 Å². The van der Waals surface area contributed by atoms with E-state index in [-0.39, 0.29) is 17.9 Å². The van der Waals surface area contributed by atoms with Crippen molar-refractivity contribution < 1.29 is 18.3 Å². The summed E-state index contributed by atoms with van der Waals surface area (Å²) in [5.41, 5.74) is 2.26. The first-order valence-corrected chi connectivity index (χ1v) is 12.6. The normalized spacial score (nSPS) is 31.5. The Morgan fingerprint density at radius 2 is 2.08 bits per heavy atom. The summed E-state index contributed by atoms with van der Waals surface area (Å²) < 4.78 is 35.1. The van der Waals surface area contributed by atoms with Crippen LogP contribution in [0.1, 0.15) is 49.4 Å². The molecule has 1 amide bonds. The van der Waals surface area contributed by atoms with Crippen LogP contribution in [0.15, 0.2) is 24.5 Å². The lowest BCUT2D eigenvalue weighted by atomic mass is 9.50. The van der Waals surface area contributed by atoms with Gasteiger partial charge in [-0.2, -0.15) is 5.10 Å². The van der Waals surface area contributed by atoms with Crippen LogP contribution in [-0.2, 0) is 11.3 Å². The van der Waals surface area contributed by atoms with Gasteiger partial charge in [0.15, 0.2) is 5.82 Å². The zero-order chi connectivity index (χ0) is 24.4. The maximum atomic E-state index is 14.7. The molecule has 0 radical (unpaired) electrons. The molecule has 0 aromatic carbocycles. The molecule has 10 nitrogen and oxygen atoms in total. The number of anilines is 2. The quantitative estimate of drug-likeness (QED) is 0.459. The Morgan fingerprint density at radius 3 is 2.83 bits per heavy atom. The Morgan fingerprint density at radius 1 is 1.25 bits per heavy atom. The number of amides is 1. The molecular formula is C24H28F2N8O2. The van der Waals surface area contributed by atoms with Gasteiger partial charge >= 0.3 is 6.09 Å². The second-order valence-electron chi connectivity index (χ2n) is 10.9. The highest BCUT2D eigenvalue weighted by Crippen LogP contribution is 2.57. The molecule has 3 aromatic rings. The number of rotatable bonds is 7. The Kier molecular flexibility index (Phi) is 4.95. The highest BCUT2D eigenvalue weighted by molar-refractivity contribution is 5.69. The number of aromatic nitrogens is 5. The third kappa shape index (κ3) is 3.87. The van der Waals surface area contributed by atoms with Crippen LogP contribution < -0.4 is 10.6 Å². The third-order valence-corrected chi connectivity index (χ3v) is 8.10. The molecule has 190 valence electrons. The Bertz CT molecular complexity index is 1290. The average Bonchev–Trinajstić information content (AvgIpc) is 3.48. The molecule has 0 spiro atoms. The molecule has 4 aliphatic carbocycles. The standard InChI is InChI=1S/C24H28F2N8O2/c25-15-9-33(10-15)11-16-12-34-21(28-16)1-2-27-22(34)29-20-5-18(31-32-20)14-3-17(26)19(4-14)36-23(35)30-24-6-13(7-24)8-24/h1-2,5,12-15,17,19H,3-4,6-11H2,(H,30,35)(H2,27,29,31,32)/t13?,14-,17+,19-,24?/m0/s1. The lowest BCUT2D eigenvalue weighted by Gasteiger charge is -2.61. The molecule has 1 saturated heterocycles. The maximum Gasteiger partial charge on any atom is 0.407 e. The van der Waals surface area contributed by atoms with Crippen molar-refractivity contribution in [1.82, 2.24) is 34.8 Å². The first-order chi connectivity index (χ1) is 17.4. The van der Waals surface area contributed by atoms with Crippen molar-refractivity contribution >= 4 is 23.5 Å². The van der Waals surface area contributed by atoms with E-state index in [1.54, 1.807) is 6.20 Å². The van der Waals surface area contributed by atoms with E-state index in [9.17, 15) is 13.6 Å². The molecule has 4 saturated carbocycles. The molecule has 5 fully saturated rings. The Labute approximate surface area is 205 Å². The number of alkyl carbamates (subject to hydrolysis) is 1. The number of carbonyl (C=O) groups is 1. The fraction of sp³-hybridized carbons (Fsp3) is 0.583. The van der Waals surface area contributed by atoms with Crippen molar-refractivity contribution in [3.63, 3.8) is 0 Å². The van der Waals surface area contributed by atoms with Crippen LogP contribution in [0, 0.1) is 5.92 Å². The van der Waals surface area contributed by atoms with Crippen LogP contribution in [-0.4, -0.2) is 72.6 Å². The van der Waals surface area contributed by atoms with E-state index in [2.05, 4.69) is 30.8 Å². The zero-order valence-electron chi connectivity index (χ0n) is 19.7. The SMILES string of the molecule is O=C(NC12CC(C1)C2)O[C@H]1C[C@@H](c2cc(Nc3nccc4nc(CN5CC(F)C5)cn34)n[nH]2)C[C@H]1F. The van der Waals surface area contributed by atoms with Gasteiger partial charge in [0, 0.05) is 55.2 Å². The van der Waals surface area contributed by atoms with Crippen molar-refractivity contribution in [1.29, 1.82) is 0 Å². The number of carbonyl (C=O) groups excluding carboxylic acids is 1. The molecule has 5 aliphatic rings. The van der Waals surface area contributed by atoms with E-state index in [4.69, 9.17) is 4.74 Å². The minimum absolute atomic E-state index is 0.0886. The van der Waals surface area contributed by atoms with E-state index in [1.165, 1.54) is 0 Å². The lowest BCUT2D eigenvalue weighted by molar-refractivity contribution is -0.0530. The topological polar surface area (TPSA) is 112 Å². The van der Waals surface area contributed by atoms with E-state index in [0.29, 0.717) is 37.8 Å². The van der Waals surface area contributed by atoms with Crippen LogP contribution in [0.25, 0.3) is 5.65 Å². The first-order valence-electron chi connectivity index (χ1n) is 12.6. The van der Waals surface area contributed by atoms with Crippen molar-refractivity contribution in [3.05, 3.63) is 35.9 Å². The lowest BCUT2D eigenvalue weighted by Crippen LogP contribution is -2.68. The second kappa shape index (κ2) is 8.12. The number of likely N-dealkylation sites (tertiary alicyclic amines) is 1. The van der Waals surface area contributed by atoms with Gasteiger partial charge in [0.25, 0.3) is 0 Å². The number of H-pyrrole nitrogens is 1. The molecule has 3 aromatic heterocycles. The Balaban J connectivity index is 0.991. The highest BCUT2D eigenvalue weighted by Gasteiger charge is 2.58. The number of aromatic amines is 1. The van der Waals surface area contributed by atoms with E-state index in [1.807, 2.05) is 27.6 Å². The number of halogens is 2. The molecule has 3 N–H and O–H groups in total. The van der Waals surface area contributed by atoms with Gasteiger partial charge in [-0.15, -0.1) is 0 Å². The number of hydrogen-bond acceptors (Lipinski definition) is 7. The van der Waals surface area contributed by atoms with Gasteiger partial charge in [-0.05, 0) is 44.1 Å². The van der Waals surface area contributed by atoms with E-state index in [0.717, 1.165) is 42.2 Å². The van der Waals surface area contributed by atoms with Gasteiger partial charge in [0.05, 0.1) is 5.69 Å². The summed E-state index contributed by atoms with van der Waals surface area (Å²) >= 11 is 0. The zero-order valence-corrected chi connectivity index (χ0v) is 19.7. The van der Waals surface area contributed by atoms with Crippen LogP contribution in [0.2, 0.25) is 0 Å². The number of ether oxygens (including phenoxy) is 1. The second-order valence-corrected chi connectivity index (χ2v) is 10.9. The summed E-state index contributed by atoms with van der Waals surface area (Å²) in [7, 11) is 0. The number of imidazole rings is 1. The molecule has 0 unspecified atom stereocenters. The van der Waals surface area contributed by atoms with Crippen LogP contribution in [0.3, 0.4) is 0 Å². The summed E-state index contributed by atoms with van der Waals surface area (Å²) in [6.07, 6.45) is 4.01. The van der Waals surface area contributed by atoms with Gasteiger partial charge in [-0.25, -0.2) is 23.5 Å². The van der Waals surface area contributed by atoms with Crippen molar-refractivity contribution in [2.75, 3.05) is 18.4 Å². The molecule has 36 heavy (non-hydrogen) atoms. The molecule has 3 atom stereocenters. The highest BCUT2D eigenvalue weighted by atomic mass is 19.1. The van der Waals surface area contributed by atoms with Crippen LogP contribution >= 0.6 is 0 Å². The molecule has 4 heterocycles. The number of hydrogen-bond donors (Lipinski definition) is 3. The van der Waals surface area contributed by atoms with Gasteiger partial charge in [0.2, 0.25) is 5.95 Å². The predicted octanol–water partition coefficient (Wildman–Crippen LogP) is 3.21. The predicted molar refractivity (Wildman–Crippen MR) is 125 cm³/mol. The number of nitrogens with zero attached hydrogens (tertiary/aromatic N) is 5. The summed E-state index contributed by atoms with van der Waals surface area (Å²) in [6.45, 7) is 1.46. The summed E-state index contributed by atoms with van der Waals surface area (Å²) in [5, 5.41) is 13.5. The van der Waals surface area contributed by atoms with Gasteiger partial charge in [0.1, 0.15) is 24.1 Å². The number of fused-ring (bicyclic) bond motifs is 1. The fourth-order valence-corrected chi connectivity index (χ4v) is 6.07. The summed E-state index contributed by atoms with van der Waals surface area (Å²) in [4.78, 5) is 23.3. The minimum atomic E-state index is -1.22. The van der Waals surface area contributed by atoms with Crippen molar-refractivity contribution in [2.24, 2.45) is 5.92 Å². The monoisotopic (exact) mass is 498 g/mol. The average molecular weight is 499 g/mol. The van der Waals surface area contributed by atoms with Crippen molar-refractivity contribution in [2.45, 2.75) is 68.6 Å². The number of alkyl halides is 2. The van der Waals surface area contributed by atoms with E-state index < -0.39 is 24.5 Å². The number of nitrogens with one attached hydrogen (secondary N) is 3. The summed E-state index contributed by atoms with van der Waals surface area (Å²) in [5.74, 6) is 1.70. The molecule has 1 aliphatic heterocycles. The molecule has 12 heteroatoms. The molecule has 2 bridgehead atoms. The first kappa shape index (κ1) is 22.0. The summed E-state index contributed by atoms with van der Waals surface area (Å²) in [6, 6.07) is 3.64. The van der Waals surface area contributed by atoms with Crippen molar-refractivity contribution in [3.8, 4) is 0 Å². The minimum Gasteiger partial charge on any atom is -0.443 e. The molecule has 8 rings (SSSR count). The molecular weight excluding hydrogens is 470 g/mol. The third-order valence-electron chi connectivity index (χ3n) is 8.10. The Hall–Kier alpha value is -3.28. The fourth-order valence-electron chi connectivity index (χ4n) is 6.07. The van der Waals surface area contributed by atoms with Gasteiger partial charge in [-0.3, -0.25) is 14.4 Å². The van der Waals surface area contributed by atoms with Crippen LogP contribution in [0.4, 0.5) is 25.3 Å².